The van der Waals surface area contributed by atoms with E-state index < -0.39 is 45.1 Å². The molecule has 55 heavy (non-hydrogen) atoms. The van der Waals surface area contributed by atoms with Gasteiger partial charge in [0.05, 0.1) is 19.8 Å². The van der Waals surface area contributed by atoms with Gasteiger partial charge in [0, 0.05) is 13.0 Å². The molecule has 0 saturated heterocycles. The number of unbranched alkanes of at least 4 members (excludes halogenated alkanes) is 22. The Morgan fingerprint density at radius 3 is 1.49 bits per heavy atom. The van der Waals surface area contributed by atoms with Crippen LogP contribution in [-0.2, 0) is 32.7 Å². The molecule has 0 bridgehead atoms. The molecule has 0 spiro atoms. The Balaban J connectivity index is 4.09. The van der Waals surface area contributed by atoms with Gasteiger partial charge in [-0.1, -0.05) is 172 Å². The Kier molecular flexibility index (Phi) is 39.1. The summed E-state index contributed by atoms with van der Waals surface area (Å²) < 4.78 is 33.3. The van der Waals surface area contributed by atoms with Crippen LogP contribution in [0.2, 0.25) is 0 Å². The Hall–Kier alpha value is -1.81. The van der Waals surface area contributed by atoms with Crippen LogP contribution >= 0.6 is 7.82 Å². The van der Waals surface area contributed by atoms with Gasteiger partial charge >= 0.3 is 19.8 Å². The van der Waals surface area contributed by atoms with Crippen molar-refractivity contribution < 1.29 is 42.7 Å². The minimum atomic E-state index is -4.61. The molecular weight excluding hydrogens is 717 g/mol. The van der Waals surface area contributed by atoms with Crippen molar-refractivity contribution in [1.82, 2.24) is 0 Å². The minimum Gasteiger partial charge on any atom is -0.480 e. The van der Waals surface area contributed by atoms with Crippen LogP contribution in [0.15, 0.2) is 36.5 Å². The highest BCUT2D eigenvalue weighted by Crippen LogP contribution is 2.43. The Labute approximate surface area is 336 Å². The second-order valence-corrected chi connectivity index (χ2v) is 16.3. The van der Waals surface area contributed by atoms with Gasteiger partial charge in [0.1, 0.15) is 12.1 Å². The highest BCUT2D eigenvalue weighted by molar-refractivity contribution is 7.47. The SMILES string of the molecule is CCCCCCC/C=C\C/C=C\C/C=C\CCCCCCCCCCCOCC(COP(=O)(O)OCC(N)C(=O)O)OC(=O)CCCCCCCCCCC. The number of hydrogen-bond acceptors (Lipinski definition) is 8. The van der Waals surface area contributed by atoms with Gasteiger partial charge < -0.3 is 25.2 Å². The van der Waals surface area contributed by atoms with Crippen molar-refractivity contribution in [1.29, 1.82) is 0 Å². The molecular formula is C44H82NO9P. The zero-order valence-corrected chi connectivity index (χ0v) is 35.9. The van der Waals surface area contributed by atoms with Crippen LogP contribution in [-0.4, -0.2) is 60.5 Å². The van der Waals surface area contributed by atoms with E-state index in [1.165, 1.54) is 109 Å². The topological polar surface area (TPSA) is 155 Å². The normalized spacial score (nSPS) is 14.3. The molecule has 11 heteroatoms. The summed E-state index contributed by atoms with van der Waals surface area (Å²) in [5, 5.41) is 8.88. The lowest BCUT2D eigenvalue weighted by molar-refractivity contribution is -0.154. The fraction of sp³-hybridized carbons (Fsp3) is 0.818. The quantitative estimate of drug-likeness (QED) is 0.0235. The van der Waals surface area contributed by atoms with E-state index in [9.17, 15) is 19.0 Å². The molecule has 4 N–H and O–H groups in total. The first kappa shape index (κ1) is 53.2. The highest BCUT2D eigenvalue weighted by atomic mass is 31.2. The van der Waals surface area contributed by atoms with Crippen molar-refractivity contribution in [3.63, 3.8) is 0 Å². The maximum absolute atomic E-state index is 12.5. The molecule has 3 unspecified atom stereocenters. The number of carboxylic acids is 1. The van der Waals surface area contributed by atoms with E-state index in [0.29, 0.717) is 13.0 Å². The lowest BCUT2D eigenvalue weighted by Gasteiger charge is -2.20. The first-order chi connectivity index (χ1) is 26.7. The molecule has 3 atom stereocenters. The van der Waals surface area contributed by atoms with E-state index in [0.717, 1.165) is 57.8 Å². The lowest BCUT2D eigenvalue weighted by Crippen LogP contribution is -2.34. The summed E-state index contributed by atoms with van der Waals surface area (Å²) in [5.74, 6) is -1.78. The molecule has 0 saturated carbocycles. The Morgan fingerprint density at radius 1 is 0.582 bits per heavy atom. The third kappa shape index (κ3) is 40.2. The lowest BCUT2D eigenvalue weighted by atomic mass is 10.1. The van der Waals surface area contributed by atoms with Crippen LogP contribution in [0, 0.1) is 0 Å². The van der Waals surface area contributed by atoms with Crippen molar-refractivity contribution in [3.8, 4) is 0 Å². The third-order valence-corrected chi connectivity index (χ3v) is 10.4. The van der Waals surface area contributed by atoms with Gasteiger partial charge in [0.15, 0.2) is 0 Å². The van der Waals surface area contributed by atoms with Crippen LogP contribution in [0.4, 0.5) is 0 Å². The maximum atomic E-state index is 12.5. The smallest absolute Gasteiger partial charge is 0.472 e. The van der Waals surface area contributed by atoms with Gasteiger partial charge in [0.2, 0.25) is 0 Å². The number of phosphoric ester groups is 1. The van der Waals surface area contributed by atoms with E-state index in [1.54, 1.807) is 0 Å². The number of rotatable bonds is 42. The minimum absolute atomic E-state index is 0.0149. The van der Waals surface area contributed by atoms with Crippen LogP contribution < -0.4 is 5.73 Å². The van der Waals surface area contributed by atoms with Crippen LogP contribution in [0.25, 0.3) is 0 Å². The Bertz CT molecular complexity index is 1020. The number of aliphatic carboxylic acids is 1. The second-order valence-electron chi connectivity index (χ2n) is 14.8. The fourth-order valence-electron chi connectivity index (χ4n) is 5.96. The summed E-state index contributed by atoms with van der Waals surface area (Å²) in [6.07, 6.45) is 45.0. The summed E-state index contributed by atoms with van der Waals surface area (Å²) in [5.41, 5.74) is 5.34. The molecule has 0 radical (unpaired) electrons. The predicted octanol–water partition coefficient (Wildman–Crippen LogP) is 12.1. The van der Waals surface area contributed by atoms with E-state index in [1.807, 2.05) is 0 Å². The van der Waals surface area contributed by atoms with Crippen molar-refractivity contribution in [2.24, 2.45) is 5.73 Å². The molecule has 0 fully saturated rings. The number of carboxylic acid groups (broad SMARTS) is 1. The van der Waals surface area contributed by atoms with Crippen molar-refractivity contribution in [3.05, 3.63) is 36.5 Å². The molecule has 0 aromatic heterocycles. The molecule has 0 aliphatic heterocycles. The number of carbonyl (C=O) groups is 2. The second kappa shape index (κ2) is 40.4. The van der Waals surface area contributed by atoms with E-state index >= 15 is 0 Å². The summed E-state index contributed by atoms with van der Waals surface area (Å²) in [4.78, 5) is 33.4. The Morgan fingerprint density at radius 2 is 1.00 bits per heavy atom. The van der Waals surface area contributed by atoms with Gasteiger partial charge in [-0.15, -0.1) is 0 Å². The molecule has 0 aliphatic carbocycles. The van der Waals surface area contributed by atoms with Crippen LogP contribution in [0.1, 0.15) is 194 Å². The molecule has 10 nitrogen and oxygen atoms in total. The van der Waals surface area contributed by atoms with Crippen molar-refractivity contribution >= 4 is 19.8 Å². The number of phosphoric acid groups is 1. The molecule has 0 heterocycles. The van der Waals surface area contributed by atoms with Gasteiger partial charge in [-0.3, -0.25) is 18.6 Å². The number of hydrogen-bond donors (Lipinski definition) is 3. The van der Waals surface area contributed by atoms with Gasteiger partial charge in [-0.05, 0) is 51.4 Å². The monoisotopic (exact) mass is 800 g/mol. The van der Waals surface area contributed by atoms with Crippen LogP contribution in [0.3, 0.4) is 0 Å². The predicted molar refractivity (Wildman–Crippen MR) is 226 cm³/mol. The zero-order chi connectivity index (χ0) is 40.5. The fourth-order valence-corrected chi connectivity index (χ4v) is 6.74. The molecule has 0 aliphatic rings. The summed E-state index contributed by atoms with van der Waals surface area (Å²) in [7, 11) is -4.61. The highest BCUT2D eigenvalue weighted by Gasteiger charge is 2.27. The molecule has 0 amide bonds. The first-order valence-corrected chi connectivity index (χ1v) is 23.5. The van der Waals surface area contributed by atoms with E-state index in [4.69, 9.17) is 29.4 Å². The maximum Gasteiger partial charge on any atom is 0.472 e. The number of nitrogens with two attached hydrogens (primary N) is 1. The largest absolute Gasteiger partial charge is 0.480 e. The van der Waals surface area contributed by atoms with Crippen LogP contribution in [0.5, 0.6) is 0 Å². The first-order valence-electron chi connectivity index (χ1n) is 22.0. The summed E-state index contributed by atoms with van der Waals surface area (Å²) in [6.45, 7) is 3.83. The molecule has 322 valence electrons. The number of ether oxygens (including phenoxy) is 2. The van der Waals surface area contributed by atoms with Gasteiger partial charge in [0.25, 0.3) is 0 Å². The molecule has 0 rings (SSSR count). The summed E-state index contributed by atoms with van der Waals surface area (Å²) in [6, 6.07) is -1.47. The van der Waals surface area contributed by atoms with Crippen molar-refractivity contribution in [2.75, 3.05) is 26.4 Å². The molecule has 0 aromatic carbocycles. The van der Waals surface area contributed by atoms with E-state index in [-0.39, 0.29) is 13.0 Å². The summed E-state index contributed by atoms with van der Waals surface area (Å²) >= 11 is 0. The number of esters is 1. The van der Waals surface area contributed by atoms with Gasteiger partial charge in [-0.25, -0.2) is 4.57 Å². The number of allylic oxidation sites excluding steroid dienone is 6. The average Bonchev–Trinajstić information content (AvgIpc) is 3.16. The number of carbonyl (C=O) groups excluding carboxylic acids is 1. The van der Waals surface area contributed by atoms with E-state index in [2.05, 4.69) is 50.3 Å². The zero-order valence-electron chi connectivity index (χ0n) is 35.0. The standard InChI is InChI=1S/C44H82NO9P/c1-3-5-7-9-11-13-14-15-16-17-18-19-20-21-22-23-24-25-26-27-29-31-33-35-37-51-38-41(39-52-55(49,50)53-40-42(45)44(47)48)54-43(46)36-34-32-30-28-12-10-8-6-4-2/h14-15,17-18,20-21,41-42H,3-13,16,19,22-40,45H2,1-2H3,(H,47,48)(H,49,50)/b15-14-,18-17-,21-20-. The average molecular weight is 800 g/mol. The van der Waals surface area contributed by atoms with Gasteiger partial charge in [-0.2, -0.15) is 0 Å². The van der Waals surface area contributed by atoms with Crippen molar-refractivity contribution in [2.45, 2.75) is 206 Å². The molecule has 0 aromatic rings. The third-order valence-electron chi connectivity index (χ3n) is 9.42.